The summed E-state index contributed by atoms with van der Waals surface area (Å²) in [6, 6.07) is 18.6. The Balaban J connectivity index is 0.000000153. The van der Waals surface area contributed by atoms with Crippen LogP contribution in [0.15, 0.2) is 204 Å². The summed E-state index contributed by atoms with van der Waals surface area (Å²) >= 11 is 0. The summed E-state index contributed by atoms with van der Waals surface area (Å²) in [6.45, 7) is 27.7. The van der Waals surface area contributed by atoms with E-state index in [0.29, 0.717) is 141 Å². The van der Waals surface area contributed by atoms with Gasteiger partial charge < -0.3 is 100 Å². The number of nitrogens with one attached hydrogen (secondary N) is 8. The monoisotopic (exact) mass is 1970 g/mol. The molecule has 4 amide bonds. The number of carbonyl (C=O) groups excluding carboxylic acids is 4. The molecule has 0 radical (unpaired) electrons. The molecule has 756 valence electrons. The van der Waals surface area contributed by atoms with Gasteiger partial charge in [-0.15, -0.1) is 10.2 Å². The molecule has 12 aromatic heterocycles. The van der Waals surface area contributed by atoms with Gasteiger partial charge in [-0.05, 0) is 142 Å². The zero-order chi connectivity index (χ0) is 104. The molecule has 1 fully saturated rings. The maximum atomic E-state index is 12.3. The molecule has 4 aromatic carbocycles. The SMILES string of the molecule is C=CC(=O)Nc1cc(Nc2cn3c(-c4cn(C)nc4C)cnc3cn2)c(OC)cc1N(C)CCN(C)C.C=CC(=O)Nc1cc(Nc2cn3c(-c4cnn(C)c4)cnc3cn2)c(OC)cc1OCCN(C)C.C=CC(=O)Nc1cc(Nc2ncc3c(C)cc(-c4cnn(C)c4)n3n2)c(OC)cc1N1CCN(C)CC1.C=CC(=O)Nc1cc(Nc2ncc3c(C)cc(-c4cnn(C)c4)n3n2)c(OC)cc1OCCN(C)C. The number of likely N-dealkylation sites (N-methyl/N-ethyl adjacent to an activating group) is 5. The fraction of sp³-hybridized carbons (Fsp3) is 0.287. The summed E-state index contributed by atoms with van der Waals surface area (Å²) in [7, 11) is 29.8. The first kappa shape index (κ1) is 103. The van der Waals surface area contributed by atoms with E-state index in [9.17, 15) is 19.2 Å². The number of aryl methyl sites for hydroxylation is 7. The van der Waals surface area contributed by atoms with E-state index < -0.39 is 0 Å². The highest BCUT2D eigenvalue weighted by Gasteiger charge is 2.27. The van der Waals surface area contributed by atoms with E-state index in [1.54, 1.807) is 115 Å². The highest BCUT2D eigenvalue weighted by Crippen LogP contribution is 2.44. The lowest BCUT2D eigenvalue weighted by atomic mass is 10.1. The predicted molar refractivity (Wildman–Crippen MR) is 565 cm³/mol. The highest BCUT2D eigenvalue weighted by molar-refractivity contribution is 6.04. The number of aromatic nitrogens is 20. The van der Waals surface area contributed by atoms with E-state index in [1.165, 1.54) is 24.3 Å². The minimum atomic E-state index is -0.356. The van der Waals surface area contributed by atoms with Crippen molar-refractivity contribution in [3.8, 4) is 79.5 Å². The van der Waals surface area contributed by atoms with Crippen molar-refractivity contribution in [2.75, 3.05) is 203 Å². The molecule has 0 atom stereocenters. The third-order valence-electron chi connectivity index (χ3n) is 23.3. The van der Waals surface area contributed by atoms with Gasteiger partial charge >= 0.3 is 0 Å². The first-order valence-electron chi connectivity index (χ1n) is 46.1. The van der Waals surface area contributed by atoms with E-state index in [2.05, 4.69) is 152 Å². The number of carbonyl (C=O) groups is 4. The number of hydrogen-bond donors (Lipinski definition) is 8. The van der Waals surface area contributed by atoms with Crippen molar-refractivity contribution in [2.45, 2.75) is 20.8 Å². The minimum Gasteiger partial charge on any atom is -0.494 e. The van der Waals surface area contributed by atoms with Crippen molar-refractivity contribution in [3.05, 3.63) is 221 Å². The van der Waals surface area contributed by atoms with E-state index >= 15 is 0 Å². The average Bonchev–Trinajstić information content (AvgIpc) is 1.72. The number of amides is 4. The maximum Gasteiger partial charge on any atom is 0.247 e. The van der Waals surface area contributed by atoms with Gasteiger partial charge in [-0.25, -0.2) is 38.9 Å². The van der Waals surface area contributed by atoms with Crippen LogP contribution in [0.5, 0.6) is 34.5 Å². The second-order valence-electron chi connectivity index (χ2n) is 34.8. The quantitative estimate of drug-likeness (QED) is 0.0168. The number of anilines is 14. The first-order valence-corrected chi connectivity index (χ1v) is 46.1. The molecule has 13 heterocycles. The Kier molecular flexibility index (Phi) is 33.3. The molecule has 0 unspecified atom stereocenters. The molecule has 44 heteroatoms. The van der Waals surface area contributed by atoms with Crippen LogP contribution in [0, 0.1) is 20.8 Å². The summed E-state index contributed by atoms with van der Waals surface area (Å²) in [5, 5.41) is 51.3. The van der Waals surface area contributed by atoms with Gasteiger partial charge in [0, 0.05) is 159 Å². The number of methoxy groups -OCH3 is 4. The number of hydrogen-bond acceptors (Lipinski definition) is 32. The minimum absolute atomic E-state index is 0.284. The van der Waals surface area contributed by atoms with Crippen molar-refractivity contribution in [1.29, 1.82) is 0 Å². The number of fused-ring (bicyclic) bond motifs is 4. The maximum absolute atomic E-state index is 12.3. The lowest BCUT2D eigenvalue weighted by Gasteiger charge is -2.35. The molecule has 44 nitrogen and oxygen atoms in total. The molecule has 145 heavy (non-hydrogen) atoms. The third-order valence-corrected chi connectivity index (χ3v) is 23.3. The second kappa shape index (κ2) is 46.7. The Hall–Kier alpha value is -17.5. The summed E-state index contributed by atoms with van der Waals surface area (Å²) in [5.41, 5.74) is 20.1. The molecule has 1 aliphatic heterocycles. The number of nitrogens with zero attached hydrogens (tertiary/aromatic N) is 26. The Bertz CT molecular complexity index is 7390. The van der Waals surface area contributed by atoms with Gasteiger partial charge in [-0.1, -0.05) is 26.3 Å². The summed E-state index contributed by atoms with van der Waals surface area (Å²) in [5.74, 6) is 3.82. The smallest absolute Gasteiger partial charge is 0.247 e. The van der Waals surface area contributed by atoms with Gasteiger partial charge in [0.15, 0.2) is 11.3 Å². The molecule has 0 bridgehead atoms. The van der Waals surface area contributed by atoms with Crippen molar-refractivity contribution in [2.24, 2.45) is 28.2 Å². The number of imidazole rings is 2. The summed E-state index contributed by atoms with van der Waals surface area (Å²) in [4.78, 5) is 88.3. The van der Waals surface area contributed by atoms with E-state index in [1.807, 2.05) is 206 Å². The molecule has 1 saturated heterocycles. The standard InChI is InChI=1S/C26H31N9O2.C26H33N9O2.C25H30N8O3.C24H28N8O3/c1-6-25(36)29-19-12-20(24(37-5)13-22(19)34-9-7-32(3)8-10-34)30-26-27-15-23-17(2)11-21(35(23)31-26)18-14-28-33(4)16-18;1-8-26(36)30-19-11-20(23(37-7)12-21(19)33(5)10-9-32(3)4)29-24-16-35-22(13-28-25(35)14-27-24)18-15-34(6)31-17(18)2;1-7-24(34)28-19-11-18(22(35-6)12-23(19)36-9-8-31(3)4)29-25-26-14-21-16(2)10-20(33(21)30-25)17-13-27-32(5)15-17;1-6-24(33)29-18-9-17(20(34-5)10-21(18)35-8-7-30(2)3)28-22-15-32-19(12-26-23(32)13-25-22)16-11-27-31(4)14-16/h6,11-16H,1,7-10H2,2-5H3,(H,29,36)(H,30,31);8,11-16,29H,1,9-10H2,2-7H3,(H,30,36);7,10-15H,1,8-9H2,2-6H3,(H,28,34)(H,29,30);6,9-15,28H,1,7-8H2,2-5H3,(H,29,33). The molecule has 8 N–H and O–H groups in total. The second-order valence-corrected chi connectivity index (χ2v) is 34.8. The fourth-order valence-corrected chi connectivity index (χ4v) is 15.6. The van der Waals surface area contributed by atoms with E-state index in [4.69, 9.17) is 38.6 Å². The Morgan fingerprint density at radius 2 is 0.779 bits per heavy atom. The van der Waals surface area contributed by atoms with Crippen LogP contribution in [0.2, 0.25) is 0 Å². The summed E-state index contributed by atoms with van der Waals surface area (Å²) in [6.07, 6.45) is 32.3. The van der Waals surface area contributed by atoms with Crippen LogP contribution in [0.3, 0.4) is 0 Å². The zero-order valence-electron chi connectivity index (χ0n) is 84.9. The van der Waals surface area contributed by atoms with Gasteiger partial charge in [0.1, 0.15) is 59.3 Å². The van der Waals surface area contributed by atoms with Crippen LogP contribution in [0.1, 0.15) is 16.8 Å². The largest absolute Gasteiger partial charge is 0.494 e. The number of rotatable bonds is 37. The first-order chi connectivity index (χ1) is 69.7. The Morgan fingerprint density at radius 3 is 1.20 bits per heavy atom. The normalized spacial score (nSPS) is 11.8. The van der Waals surface area contributed by atoms with Crippen LogP contribution in [-0.2, 0) is 47.4 Å². The van der Waals surface area contributed by atoms with E-state index in [-0.39, 0.29) is 23.6 Å². The van der Waals surface area contributed by atoms with Crippen LogP contribution in [0.25, 0.3) is 67.4 Å². The number of ether oxygens (including phenoxy) is 6. The molecular formula is C101H122N34O10. The Labute approximate surface area is 838 Å². The van der Waals surface area contributed by atoms with Crippen LogP contribution in [-0.4, -0.2) is 291 Å². The summed E-state index contributed by atoms with van der Waals surface area (Å²) < 4.78 is 49.1. The van der Waals surface area contributed by atoms with Gasteiger partial charge in [-0.3, -0.25) is 46.7 Å². The highest BCUT2D eigenvalue weighted by atomic mass is 16.5. The molecule has 17 rings (SSSR count). The molecule has 16 aromatic rings. The Morgan fingerprint density at radius 1 is 0.379 bits per heavy atom. The van der Waals surface area contributed by atoms with Crippen molar-refractivity contribution < 1.29 is 47.6 Å². The molecule has 0 spiro atoms. The topological polar surface area (TPSA) is 431 Å². The van der Waals surface area contributed by atoms with Gasteiger partial charge in [0.25, 0.3) is 0 Å². The lowest BCUT2D eigenvalue weighted by Crippen LogP contribution is -2.44. The lowest BCUT2D eigenvalue weighted by molar-refractivity contribution is -0.112. The van der Waals surface area contributed by atoms with Gasteiger partial charge in [0.2, 0.25) is 35.5 Å². The van der Waals surface area contributed by atoms with E-state index in [0.717, 1.165) is 124 Å². The zero-order valence-corrected chi connectivity index (χ0v) is 84.9. The predicted octanol–water partition coefficient (Wildman–Crippen LogP) is 12.6. The van der Waals surface area contributed by atoms with Gasteiger partial charge in [0.05, 0.1) is 193 Å². The average molecular weight is 1970 g/mol. The third kappa shape index (κ3) is 25.3. The number of benzene rings is 4. The van der Waals surface area contributed by atoms with Crippen LogP contribution < -0.4 is 80.8 Å². The molecule has 0 saturated carbocycles. The van der Waals surface area contributed by atoms with Crippen molar-refractivity contribution in [1.82, 2.24) is 117 Å². The number of piperazine rings is 1. The molecular weight excluding hydrogens is 1850 g/mol. The van der Waals surface area contributed by atoms with Crippen LogP contribution >= 0.6 is 0 Å². The molecule has 0 aliphatic carbocycles. The molecule has 1 aliphatic rings. The van der Waals surface area contributed by atoms with Crippen LogP contribution in [0.4, 0.5) is 80.4 Å². The fourth-order valence-electron chi connectivity index (χ4n) is 15.6. The van der Waals surface area contributed by atoms with Crippen molar-refractivity contribution in [3.63, 3.8) is 0 Å². The van der Waals surface area contributed by atoms with Gasteiger partial charge in [-0.2, -0.15) is 20.4 Å². The van der Waals surface area contributed by atoms with Crippen molar-refractivity contribution >= 4 is 126 Å².